The van der Waals surface area contributed by atoms with E-state index in [1.807, 2.05) is 0 Å². The van der Waals surface area contributed by atoms with E-state index in [4.69, 9.17) is 9.47 Å². The Morgan fingerprint density at radius 2 is 2.10 bits per heavy atom. The van der Waals surface area contributed by atoms with Gasteiger partial charge in [0.05, 0.1) is 18.1 Å². The van der Waals surface area contributed by atoms with Crippen molar-refractivity contribution in [2.45, 2.75) is 27.2 Å². The summed E-state index contributed by atoms with van der Waals surface area (Å²) in [6.07, 6.45) is 1.33. The standard InChI is InChI=1S/C22H24O7/c1-5-21(4)9-15(25)18(14(10-23)11-28-13(3)24)22(21)19(26)17-12(2)7-6-8-16(17)29-20(22)27/h5-8,14,18,23H,1,9-11H2,2-4H3/t14-,18+,21+,22-/m0/s1. The van der Waals surface area contributed by atoms with E-state index in [0.29, 0.717) is 5.56 Å². The summed E-state index contributed by atoms with van der Waals surface area (Å²) in [5, 5.41) is 9.96. The summed E-state index contributed by atoms with van der Waals surface area (Å²) in [5.41, 5.74) is -2.25. The topological polar surface area (TPSA) is 107 Å². The van der Waals surface area contributed by atoms with Crippen LogP contribution in [0.25, 0.3) is 0 Å². The molecule has 1 fully saturated rings. The Labute approximate surface area is 168 Å². The minimum atomic E-state index is -1.89. The maximum Gasteiger partial charge on any atom is 0.327 e. The average molecular weight is 400 g/mol. The highest BCUT2D eigenvalue weighted by Gasteiger charge is 2.73. The molecule has 7 heteroatoms. The number of aryl methyl sites for hydroxylation is 1. The number of Topliss-reactive ketones (excluding diaryl/α,β-unsaturated/α-hetero) is 2. The summed E-state index contributed by atoms with van der Waals surface area (Å²) >= 11 is 0. The van der Waals surface area contributed by atoms with Crippen molar-refractivity contribution in [3.05, 3.63) is 42.0 Å². The number of carbonyl (C=O) groups excluding carboxylic acids is 4. The molecule has 2 aliphatic rings. The van der Waals surface area contributed by atoms with Crippen molar-refractivity contribution in [1.82, 2.24) is 0 Å². The summed E-state index contributed by atoms with van der Waals surface area (Å²) in [4.78, 5) is 51.6. The van der Waals surface area contributed by atoms with Gasteiger partial charge in [-0.15, -0.1) is 6.58 Å². The Bertz CT molecular complexity index is 918. The fourth-order valence-electron chi connectivity index (χ4n) is 4.78. The van der Waals surface area contributed by atoms with Crippen LogP contribution >= 0.6 is 0 Å². The van der Waals surface area contributed by atoms with Crippen LogP contribution in [0.5, 0.6) is 5.75 Å². The smallest absolute Gasteiger partial charge is 0.327 e. The molecule has 1 aliphatic heterocycles. The van der Waals surface area contributed by atoms with E-state index in [2.05, 4.69) is 6.58 Å². The molecule has 0 amide bonds. The number of hydrogen-bond acceptors (Lipinski definition) is 7. The number of hydrogen-bond donors (Lipinski definition) is 1. The lowest BCUT2D eigenvalue weighted by Gasteiger charge is -2.45. The first-order chi connectivity index (χ1) is 13.6. The maximum atomic E-state index is 13.9. The first kappa shape index (κ1) is 20.9. The second-order valence-corrected chi connectivity index (χ2v) is 7.96. The molecular formula is C22H24O7. The van der Waals surface area contributed by atoms with E-state index >= 15 is 0 Å². The number of esters is 2. The fraction of sp³-hybridized carbons (Fsp3) is 0.455. The Morgan fingerprint density at radius 3 is 2.69 bits per heavy atom. The zero-order chi connectivity index (χ0) is 21.6. The van der Waals surface area contributed by atoms with Crippen LogP contribution in [0.1, 0.15) is 36.2 Å². The molecule has 7 nitrogen and oxygen atoms in total. The zero-order valence-corrected chi connectivity index (χ0v) is 16.7. The second kappa shape index (κ2) is 7.22. The van der Waals surface area contributed by atoms with E-state index < -0.39 is 47.0 Å². The molecule has 3 rings (SSSR count). The Morgan fingerprint density at radius 1 is 1.41 bits per heavy atom. The van der Waals surface area contributed by atoms with E-state index in [0.717, 1.165) is 0 Å². The van der Waals surface area contributed by atoms with Crippen molar-refractivity contribution < 1.29 is 33.8 Å². The Kier molecular flexibility index (Phi) is 5.21. The van der Waals surface area contributed by atoms with E-state index in [1.165, 1.54) is 19.1 Å². The third kappa shape index (κ3) is 2.83. The number of carbonyl (C=O) groups is 4. The van der Waals surface area contributed by atoms with Gasteiger partial charge in [0.25, 0.3) is 0 Å². The van der Waals surface area contributed by atoms with Crippen LogP contribution in [0.15, 0.2) is 30.9 Å². The fourth-order valence-corrected chi connectivity index (χ4v) is 4.78. The van der Waals surface area contributed by atoms with Crippen LogP contribution in [-0.4, -0.2) is 41.8 Å². The van der Waals surface area contributed by atoms with Gasteiger partial charge in [-0.3, -0.25) is 19.2 Å². The van der Waals surface area contributed by atoms with Gasteiger partial charge in [0, 0.05) is 31.3 Å². The number of allylic oxidation sites excluding steroid dienone is 1. The Hall–Kier alpha value is -2.80. The zero-order valence-electron chi connectivity index (χ0n) is 16.7. The summed E-state index contributed by atoms with van der Waals surface area (Å²) in [6, 6.07) is 4.93. The van der Waals surface area contributed by atoms with Gasteiger partial charge in [-0.05, 0) is 18.6 Å². The van der Waals surface area contributed by atoms with Crippen molar-refractivity contribution in [1.29, 1.82) is 0 Å². The van der Waals surface area contributed by atoms with Gasteiger partial charge in [-0.2, -0.15) is 0 Å². The average Bonchev–Trinajstić information content (AvgIpc) is 2.89. The predicted octanol–water partition coefficient (Wildman–Crippen LogP) is 2.04. The third-order valence-electron chi connectivity index (χ3n) is 6.26. The highest BCUT2D eigenvalue weighted by atomic mass is 16.5. The summed E-state index contributed by atoms with van der Waals surface area (Å²) < 4.78 is 10.6. The molecule has 1 saturated carbocycles. The van der Waals surface area contributed by atoms with Crippen molar-refractivity contribution >= 4 is 23.5 Å². The predicted molar refractivity (Wildman–Crippen MR) is 102 cm³/mol. The van der Waals surface area contributed by atoms with Crippen LogP contribution in [0.2, 0.25) is 0 Å². The van der Waals surface area contributed by atoms with Crippen molar-refractivity contribution in [2.75, 3.05) is 13.2 Å². The first-order valence-corrected chi connectivity index (χ1v) is 9.41. The lowest BCUT2D eigenvalue weighted by Crippen LogP contribution is -2.58. The molecule has 4 atom stereocenters. The van der Waals surface area contributed by atoms with Gasteiger partial charge < -0.3 is 14.6 Å². The van der Waals surface area contributed by atoms with E-state index in [-0.39, 0.29) is 30.1 Å². The molecule has 29 heavy (non-hydrogen) atoms. The molecule has 1 heterocycles. The monoisotopic (exact) mass is 400 g/mol. The number of aliphatic hydroxyl groups is 1. The molecule has 0 radical (unpaired) electrons. The van der Waals surface area contributed by atoms with Gasteiger partial charge in [0.2, 0.25) is 0 Å². The van der Waals surface area contributed by atoms with Gasteiger partial charge in [0.15, 0.2) is 11.2 Å². The van der Waals surface area contributed by atoms with Gasteiger partial charge in [0.1, 0.15) is 11.5 Å². The van der Waals surface area contributed by atoms with Crippen LogP contribution < -0.4 is 4.74 Å². The van der Waals surface area contributed by atoms with Crippen LogP contribution in [0.3, 0.4) is 0 Å². The van der Waals surface area contributed by atoms with Crippen molar-refractivity contribution in [2.24, 2.45) is 22.7 Å². The van der Waals surface area contributed by atoms with Gasteiger partial charge >= 0.3 is 11.9 Å². The molecule has 154 valence electrons. The summed E-state index contributed by atoms with van der Waals surface area (Å²) in [6.45, 7) is 7.50. The highest BCUT2D eigenvalue weighted by Crippen LogP contribution is 2.61. The molecular weight excluding hydrogens is 376 g/mol. The Balaban J connectivity index is 2.25. The lowest BCUT2D eigenvalue weighted by atomic mass is 9.56. The van der Waals surface area contributed by atoms with Gasteiger partial charge in [-0.1, -0.05) is 25.1 Å². The molecule has 1 N–H and O–H groups in total. The SMILES string of the molecule is C=C[C@]1(C)CC(=O)[C@@H]([C@@H](CO)COC(C)=O)[C@]12C(=O)Oc1cccc(C)c1C2=O. The van der Waals surface area contributed by atoms with E-state index in [9.17, 15) is 24.3 Å². The molecule has 0 unspecified atom stereocenters. The number of benzene rings is 1. The second-order valence-electron chi connectivity index (χ2n) is 7.96. The minimum Gasteiger partial charge on any atom is -0.465 e. The number of fused-ring (bicyclic) bond motifs is 1. The molecule has 1 aromatic carbocycles. The van der Waals surface area contributed by atoms with Crippen LogP contribution in [0, 0.1) is 29.6 Å². The number of ether oxygens (including phenoxy) is 2. The van der Waals surface area contributed by atoms with Gasteiger partial charge in [-0.25, -0.2) is 0 Å². The van der Waals surface area contributed by atoms with E-state index in [1.54, 1.807) is 26.0 Å². The van der Waals surface area contributed by atoms with Crippen molar-refractivity contribution in [3.63, 3.8) is 0 Å². The summed E-state index contributed by atoms with van der Waals surface area (Å²) in [7, 11) is 0. The molecule has 0 bridgehead atoms. The molecule has 0 saturated heterocycles. The van der Waals surface area contributed by atoms with Crippen molar-refractivity contribution in [3.8, 4) is 5.75 Å². The highest BCUT2D eigenvalue weighted by molar-refractivity contribution is 6.22. The molecule has 1 aliphatic carbocycles. The normalized spacial score (nSPS) is 29.4. The third-order valence-corrected chi connectivity index (χ3v) is 6.26. The van der Waals surface area contributed by atoms with Crippen LogP contribution in [-0.2, 0) is 19.1 Å². The first-order valence-electron chi connectivity index (χ1n) is 9.41. The number of rotatable bonds is 5. The maximum absolute atomic E-state index is 13.9. The quantitative estimate of drug-likeness (QED) is 0.349. The minimum absolute atomic E-state index is 0.111. The van der Waals surface area contributed by atoms with Crippen LogP contribution in [0.4, 0.5) is 0 Å². The molecule has 0 aromatic heterocycles. The number of aliphatic hydroxyl groups excluding tert-OH is 1. The molecule has 1 aromatic rings. The lowest BCUT2D eigenvalue weighted by molar-refractivity contribution is -0.156. The molecule has 1 spiro atoms. The largest absolute Gasteiger partial charge is 0.465 e. The number of ketones is 2. The summed E-state index contributed by atoms with van der Waals surface area (Å²) in [5.74, 6) is -4.33.